The number of hydrogen-bond acceptors (Lipinski definition) is 5. The number of nitrogens with zero attached hydrogens (tertiary/aromatic N) is 1. The van der Waals surface area contributed by atoms with E-state index in [0.717, 1.165) is 4.57 Å². The van der Waals surface area contributed by atoms with Crippen LogP contribution in [0.25, 0.3) is 5.69 Å². The van der Waals surface area contributed by atoms with Crippen LogP contribution in [-0.4, -0.2) is 41.1 Å². The number of nitrogens with two attached hydrogens (primary N) is 1. The van der Waals surface area contributed by atoms with Gasteiger partial charge in [0.25, 0.3) is 0 Å². The first kappa shape index (κ1) is 14.1. The number of aromatic nitrogens is 3. The molecule has 0 saturated carbocycles. The van der Waals surface area contributed by atoms with Crippen molar-refractivity contribution >= 4 is 0 Å². The fourth-order valence-electron chi connectivity index (χ4n) is 1.64. The van der Waals surface area contributed by atoms with Crippen LogP contribution in [-0.2, 0) is 4.74 Å². The van der Waals surface area contributed by atoms with Crippen LogP contribution in [0.5, 0.6) is 5.75 Å². The Morgan fingerprint density at radius 3 is 2.25 bits per heavy atom. The molecule has 2 aromatic rings. The molecule has 0 spiro atoms. The molecule has 8 heteroatoms. The Hall–Kier alpha value is -2.32. The number of nitrogens with one attached hydrogen (secondary N) is 2. The minimum Gasteiger partial charge on any atom is -0.491 e. The maximum absolute atomic E-state index is 11.4. The normalized spacial score (nSPS) is 10.7. The van der Waals surface area contributed by atoms with Crippen molar-refractivity contribution in [2.45, 2.75) is 0 Å². The SMILES string of the molecule is NCCOCCOc1ccc(-n2c(=O)[nH][nH]c2=O)cc1. The minimum absolute atomic E-state index is 0.407. The summed E-state index contributed by atoms with van der Waals surface area (Å²) in [7, 11) is 0. The molecule has 1 aromatic carbocycles. The summed E-state index contributed by atoms with van der Waals surface area (Å²) in [6, 6.07) is 6.61. The Morgan fingerprint density at radius 2 is 1.65 bits per heavy atom. The maximum atomic E-state index is 11.4. The molecule has 0 saturated heterocycles. The van der Waals surface area contributed by atoms with E-state index in [4.69, 9.17) is 15.2 Å². The van der Waals surface area contributed by atoms with Gasteiger partial charge in [-0.2, -0.15) is 0 Å². The van der Waals surface area contributed by atoms with Gasteiger partial charge in [-0.3, -0.25) is 0 Å². The molecule has 0 fully saturated rings. The molecule has 0 atom stereocenters. The molecular weight excluding hydrogens is 264 g/mol. The van der Waals surface area contributed by atoms with Gasteiger partial charge in [0.15, 0.2) is 0 Å². The molecule has 0 radical (unpaired) electrons. The minimum atomic E-state index is -0.515. The van der Waals surface area contributed by atoms with Crippen molar-refractivity contribution in [3.05, 3.63) is 45.2 Å². The van der Waals surface area contributed by atoms with E-state index in [1.165, 1.54) is 0 Å². The average Bonchev–Trinajstić information content (AvgIpc) is 2.79. The van der Waals surface area contributed by atoms with E-state index in [-0.39, 0.29) is 0 Å². The van der Waals surface area contributed by atoms with Crippen LogP contribution >= 0.6 is 0 Å². The highest BCUT2D eigenvalue weighted by Gasteiger charge is 2.05. The standard InChI is InChI=1S/C12H16N4O4/c13-5-6-19-7-8-20-10-3-1-9(2-4-10)16-11(17)14-15-12(16)18/h1-4H,5-8,13H2,(H,14,17)(H,15,18). The molecule has 2 rings (SSSR count). The second kappa shape index (κ2) is 6.73. The Balaban J connectivity index is 1.97. The summed E-state index contributed by atoms with van der Waals surface area (Å²) in [5.74, 6) is 0.630. The van der Waals surface area contributed by atoms with E-state index in [1.54, 1.807) is 24.3 Å². The van der Waals surface area contributed by atoms with Crippen molar-refractivity contribution in [1.29, 1.82) is 0 Å². The molecule has 0 aliphatic carbocycles. The van der Waals surface area contributed by atoms with Gasteiger partial charge in [-0.05, 0) is 24.3 Å². The Kier molecular flexibility index (Phi) is 4.75. The van der Waals surface area contributed by atoms with E-state index in [1.807, 2.05) is 0 Å². The second-order valence-electron chi connectivity index (χ2n) is 3.94. The van der Waals surface area contributed by atoms with Crippen molar-refractivity contribution in [1.82, 2.24) is 14.8 Å². The van der Waals surface area contributed by atoms with Gasteiger partial charge in [-0.1, -0.05) is 0 Å². The first-order chi connectivity index (χ1) is 9.72. The highest BCUT2D eigenvalue weighted by molar-refractivity contribution is 5.36. The summed E-state index contributed by atoms with van der Waals surface area (Å²) in [5.41, 5.74) is 4.72. The van der Waals surface area contributed by atoms with E-state index in [2.05, 4.69) is 10.2 Å². The van der Waals surface area contributed by atoms with Crippen molar-refractivity contribution in [3.63, 3.8) is 0 Å². The van der Waals surface area contributed by atoms with Crippen LogP contribution in [0.4, 0.5) is 0 Å². The lowest BCUT2D eigenvalue weighted by Gasteiger charge is -2.07. The lowest BCUT2D eigenvalue weighted by atomic mass is 10.3. The molecule has 0 amide bonds. The molecular formula is C12H16N4O4. The Bertz CT molecular complexity index is 613. The van der Waals surface area contributed by atoms with Crippen LogP contribution in [0.3, 0.4) is 0 Å². The average molecular weight is 280 g/mol. The van der Waals surface area contributed by atoms with Crippen molar-refractivity contribution < 1.29 is 9.47 Å². The van der Waals surface area contributed by atoms with E-state index >= 15 is 0 Å². The Labute approximate surface area is 114 Å². The fraction of sp³-hybridized carbons (Fsp3) is 0.333. The molecule has 0 bridgehead atoms. The third kappa shape index (κ3) is 3.37. The molecule has 0 aliphatic rings. The van der Waals surface area contributed by atoms with Gasteiger partial charge in [0.2, 0.25) is 0 Å². The molecule has 8 nitrogen and oxygen atoms in total. The maximum Gasteiger partial charge on any atom is 0.348 e. The van der Waals surface area contributed by atoms with Crippen molar-refractivity contribution in [2.75, 3.05) is 26.4 Å². The summed E-state index contributed by atoms with van der Waals surface area (Å²) in [6.07, 6.45) is 0. The van der Waals surface area contributed by atoms with Crippen molar-refractivity contribution in [3.8, 4) is 11.4 Å². The molecule has 4 N–H and O–H groups in total. The largest absolute Gasteiger partial charge is 0.491 e. The van der Waals surface area contributed by atoms with Crippen LogP contribution in [0.1, 0.15) is 0 Å². The second-order valence-corrected chi connectivity index (χ2v) is 3.94. The summed E-state index contributed by atoms with van der Waals surface area (Å²) in [5, 5.41) is 4.43. The van der Waals surface area contributed by atoms with E-state index in [9.17, 15) is 9.59 Å². The summed E-state index contributed by atoms with van der Waals surface area (Å²) >= 11 is 0. The number of benzene rings is 1. The van der Waals surface area contributed by atoms with Gasteiger partial charge in [0.1, 0.15) is 12.4 Å². The summed E-state index contributed by atoms with van der Waals surface area (Å²) in [4.78, 5) is 22.8. The molecule has 108 valence electrons. The summed E-state index contributed by atoms with van der Waals surface area (Å²) in [6.45, 7) is 1.84. The van der Waals surface area contributed by atoms with Gasteiger partial charge in [0, 0.05) is 6.54 Å². The predicted molar refractivity (Wildman–Crippen MR) is 72.4 cm³/mol. The van der Waals surface area contributed by atoms with E-state index in [0.29, 0.717) is 37.8 Å². The van der Waals surface area contributed by atoms with Crippen LogP contribution in [0, 0.1) is 0 Å². The number of H-pyrrole nitrogens is 2. The zero-order valence-electron chi connectivity index (χ0n) is 10.8. The highest BCUT2D eigenvalue weighted by atomic mass is 16.5. The monoisotopic (exact) mass is 280 g/mol. The molecule has 1 aromatic heterocycles. The molecule has 1 heterocycles. The highest BCUT2D eigenvalue weighted by Crippen LogP contribution is 2.13. The number of aromatic amines is 2. The predicted octanol–water partition coefficient (Wildman–Crippen LogP) is -0.792. The number of hydrogen-bond donors (Lipinski definition) is 3. The number of ether oxygens (including phenoxy) is 2. The quantitative estimate of drug-likeness (QED) is 0.575. The third-order valence-corrected chi connectivity index (χ3v) is 2.54. The third-order valence-electron chi connectivity index (χ3n) is 2.54. The molecule has 0 unspecified atom stereocenters. The zero-order chi connectivity index (χ0) is 14.4. The first-order valence-corrected chi connectivity index (χ1v) is 6.13. The number of rotatable bonds is 7. The van der Waals surface area contributed by atoms with Gasteiger partial charge < -0.3 is 15.2 Å². The smallest absolute Gasteiger partial charge is 0.348 e. The van der Waals surface area contributed by atoms with Gasteiger partial charge in [-0.15, -0.1) is 0 Å². The van der Waals surface area contributed by atoms with Gasteiger partial charge in [-0.25, -0.2) is 24.4 Å². The summed E-state index contributed by atoms with van der Waals surface area (Å²) < 4.78 is 11.6. The fourth-order valence-corrected chi connectivity index (χ4v) is 1.64. The molecule has 20 heavy (non-hydrogen) atoms. The molecule has 0 aliphatic heterocycles. The van der Waals surface area contributed by atoms with Gasteiger partial charge in [0.05, 0.1) is 18.9 Å². The van der Waals surface area contributed by atoms with Crippen LogP contribution < -0.4 is 21.9 Å². The lowest BCUT2D eigenvalue weighted by molar-refractivity contribution is 0.106. The van der Waals surface area contributed by atoms with Crippen LogP contribution in [0.2, 0.25) is 0 Å². The first-order valence-electron chi connectivity index (χ1n) is 6.13. The van der Waals surface area contributed by atoms with Crippen molar-refractivity contribution in [2.24, 2.45) is 5.73 Å². The topological polar surface area (TPSA) is 115 Å². The van der Waals surface area contributed by atoms with Gasteiger partial charge >= 0.3 is 11.4 Å². The zero-order valence-corrected chi connectivity index (χ0v) is 10.8. The lowest BCUT2D eigenvalue weighted by Crippen LogP contribution is -2.24. The Morgan fingerprint density at radius 1 is 1.00 bits per heavy atom. The van der Waals surface area contributed by atoms with E-state index < -0.39 is 11.4 Å². The van der Waals surface area contributed by atoms with Crippen LogP contribution in [0.15, 0.2) is 33.9 Å².